The smallest absolute Gasteiger partial charge is 0.241 e. The molecule has 144 valence electrons. The zero-order valence-electron chi connectivity index (χ0n) is 15.8. The molecule has 2 amide bonds. The highest BCUT2D eigenvalue weighted by molar-refractivity contribution is 5.98. The molecule has 1 atom stereocenters. The van der Waals surface area contributed by atoms with Crippen LogP contribution in [0.3, 0.4) is 0 Å². The van der Waals surface area contributed by atoms with Crippen LogP contribution in [0, 0.1) is 5.82 Å². The quantitative estimate of drug-likeness (QED) is 0.683. The van der Waals surface area contributed by atoms with Gasteiger partial charge in [0.2, 0.25) is 11.8 Å². The molecule has 0 heterocycles. The normalized spacial score (nSPS) is 12.0. The lowest BCUT2D eigenvalue weighted by atomic mass is 10.1. The first-order valence-electron chi connectivity index (χ1n) is 8.98. The van der Waals surface area contributed by atoms with Gasteiger partial charge in [0.1, 0.15) is 5.82 Å². The van der Waals surface area contributed by atoms with E-state index >= 15 is 0 Å². The number of hydrogen-bond acceptors (Lipinski definition) is 3. The van der Waals surface area contributed by atoms with Crippen LogP contribution in [0.25, 0.3) is 10.8 Å². The van der Waals surface area contributed by atoms with Gasteiger partial charge in [-0.05, 0) is 55.1 Å². The third-order valence-electron chi connectivity index (χ3n) is 4.56. The second kappa shape index (κ2) is 8.63. The van der Waals surface area contributed by atoms with E-state index < -0.39 is 11.9 Å². The molecule has 0 fully saturated rings. The molecule has 3 rings (SSSR count). The van der Waals surface area contributed by atoms with Crippen LogP contribution in [0.5, 0.6) is 0 Å². The van der Waals surface area contributed by atoms with E-state index in [0.717, 1.165) is 10.8 Å². The van der Waals surface area contributed by atoms with Crippen LogP contribution in [0.1, 0.15) is 6.92 Å². The monoisotopic (exact) mass is 379 g/mol. The second-order valence-corrected chi connectivity index (χ2v) is 6.70. The number of fused-ring (bicyclic) bond motifs is 1. The van der Waals surface area contributed by atoms with Gasteiger partial charge in [-0.15, -0.1) is 0 Å². The molecule has 3 aromatic rings. The van der Waals surface area contributed by atoms with E-state index in [1.54, 1.807) is 24.9 Å². The molecule has 0 aliphatic rings. The zero-order chi connectivity index (χ0) is 20.1. The van der Waals surface area contributed by atoms with Gasteiger partial charge in [0, 0.05) is 11.4 Å². The first-order valence-corrected chi connectivity index (χ1v) is 8.98. The maximum absolute atomic E-state index is 13.2. The van der Waals surface area contributed by atoms with Crippen molar-refractivity contribution >= 4 is 34.0 Å². The van der Waals surface area contributed by atoms with Gasteiger partial charge in [-0.2, -0.15) is 0 Å². The minimum absolute atomic E-state index is 0.00280. The number of nitrogens with zero attached hydrogens (tertiary/aromatic N) is 1. The van der Waals surface area contributed by atoms with Crippen LogP contribution in [0.15, 0.2) is 66.7 Å². The SMILES string of the molecule is C[C@@H](C(=O)Nc1ccc2ccccc2c1)N(C)CC(=O)Nc1cccc(F)c1. The van der Waals surface area contributed by atoms with Crippen molar-refractivity contribution in [3.8, 4) is 0 Å². The fourth-order valence-electron chi connectivity index (χ4n) is 2.84. The molecule has 0 saturated heterocycles. The zero-order valence-corrected chi connectivity index (χ0v) is 15.8. The fourth-order valence-corrected chi connectivity index (χ4v) is 2.84. The molecular weight excluding hydrogens is 357 g/mol. The third kappa shape index (κ3) is 4.92. The maximum atomic E-state index is 13.2. The van der Waals surface area contributed by atoms with E-state index in [9.17, 15) is 14.0 Å². The Morgan fingerprint density at radius 3 is 2.39 bits per heavy atom. The molecule has 0 unspecified atom stereocenters. The molecule has 0 bridgehead atoms. The summed E-state index contributed by atoms with van der Waals surface area (Å²) < 4.78 is 13.2. The fraction of sp³-hybridized carbons (Fsp3) is 0.182. The highest BCUT2D eigenvalue weighted by atomic mass is 19.1. The molecule has 0 spiro atoms. The first kappa shape index (κ1) is 19.5. The molecule has 6 heteroatoms. The van der Waals surface area contributed by atoms with Crippen molar-refractivity contribution in [1.82, 2.24) is 4.90 Å². The molecule has 0 saturated carbocycles. The van der Waals surface area contributed by atoms with Gasteiger partial charge in [-0.25, -0.2) is 4.39 Å². The van der Waals surface area contributed by atoms with E-state index in [2.05, 4.69) is 10.6 Å². The number of halogens is 1. The largest absolute Gasteiger partial charge is 0.325 e. The van der Waals surface area contributed by atoms with E-state index in [4.69, 9.17) is 0 Å². The van der Waals surface area contributed by atoms with Crippen molar-refractivity contribution in [2.75, 3.05) is 24.2 Å². The lowest BCUT2D eigenvalue weighted by molar-refractivity contribution is -0.122. The summed E-state index contributed by atoms with van der Waals surface area (Å²) in [4.78, 5) is 26.3. The highest BCUT2D eigenvalue weighted by Crippen LogP contribution is 2.19. The molecule has 0 radical (unpaired) electrons. The van der Waals surface area contributed by atoms with Gasteiger partial charge in [0.05, 0.1) is 12.6 Å². The van der Waals surface area contributed by atoms with E-state index in [1.807, 2.05) is 42.5 Å². The summed E-state index contributed by atoms with van der Waals surface area (Å²) >= 11 is 0. The van der Waals surface area contributed by atoms with Crippen LogP contribution in [-0.4, -0.2) is 36.3 Å². The standard InChI is InChI=1S/C22H22FN3O2/c1-15(26(2)14-21(27)24-19-9-5-8-18(23)13-19)22(28)25-20-11-10-16-6-3-4-7-17(16)12-20/h3-13,15H,14H2,1-2H3,(H,24,27)(H,25,28)/t15-/m0/s1. The summed E-state index contributed by atoms with van der Waals surface area (Å²) in [6, 6.07) is 18.8. The molecule has 5 nitrogen and oxygen atoms in total. The topological polar surface area (TPSA) is 61.4 Å². The van der Waals surface area contributed by atoms with E-state index in [0.29, 0.717) is 11.4 Å². The van der Waals surface area contributed by atoms with Crippen molar-refractivity contribution < 1.29 is 14.0 Å². The van der Waals surface area contributed by atoms with Gasteiger partial charge in [-0.3, -0.25) is 14.5 Å². The number of likely N-dealkylation sites (N-methyl/N-ethyl adjacent to an activating group) is 1. The predicted molar refractivity (Wildman–Crippen MR) is 110 cm³/mol. The number of amides is 2. The summed E-state index contributed by atoms with van der Waals surface area (Å²) in [5.41, 5.74) is 1.08. The lowest BCUT2D eigenvalue weighted by Gasteiger charge is -2.23. The first-order chi connectivity index (χ1) is 13.4. The Balaban J connectivity index is 1.57. The number of anilines is 2. The van der Waals surface area contributed by atoms with Crippen LogP contribution in [0.2, 0.25) is 0 Å². The van der Waals surface area contributed by atoms with Gasteiger partial charge in [-0.1, -0.05) is 36.4 Å². The van der Waals surface area contributed by atoms with Crippen molar-refractivity contribution in [2.24, 2.45) is 0 Å². The second-order valence-electron chi connectivity index (χ2n) is 6.70. The maximum Gasteiger partial charge on any atom is 0.241 e. The predicted octanol–water partition coefficient (Wildman–Crippen LogP) is 3.88. The lowest BCUT2D eigenvalue weighted by Crippen LogP contribution is -2.43. The molecular formula is C22H22FN3O2. The summed E-state index contributed by atoms with van der Waals surface area (Å²) in [6.07, 6.45) is 0. The van der Waals surface area contributed by atoms with Gasteiger partial charge < -0.3 is 10.6 Å². The summed E-state index contributed by atoms with van der Waals surface area (Å²) in [5.74, 6) is -0.955. The van der Waals surface area contributed by atoms with Crippen LogP contribution in [0.4, 0.5) is 15.8 Å². The summed E-state index contributed by atoms with van der Waals surface area (Å²) in [7, 11) is 1.69. The Morgan fingerprint density at radius 1 is 0.929 bits per heavy atom. The Hall–Kier alpha value is -3.25. The van der Waals surface area contributed by atoms with Crippen LogP contribution in [-0.2, 0) is 9.59 Å². The average molecular weight is 379 g/mol. The number of nitrogens with one attached hydrogen (secondary N) is 2. The van der Waals surface area contributed by atoms with E-state index in [-0.39, 0.29) is 18.4 Å². The number of carbonyl (C=O) groups excluding carboxylic acids is 2. The van der Waals surface area contributed by atoms with Crippen molar-refractivity contribution in [3.05, 3.63) is 72.5 Å². The van der Waals surface area contributed by atoms with Crippen molar-refractivity contribution in [3.63, 3.8) is 0 Å². The van der Waals surface area contributed by atoms with E-state index in [1.165, 1.54) is 18.2 Å². The Kier molecular flexibility index (Phi) is 6.01. The van der Waals surface area contributed by atoms with Gasteiger partial charge >= 0.3 is 0 Å². The van der Waals surface area contributed by atoms with Crippen LogP contribution >= 0.6 is 0 Å². The number of benzene rings is 3. The molecule has 3 aromatic carbocycles. The molecule has 28 heavy (non-hydrogen) atoms. The Labute approximate surface area is 163 Å². The van der Waals surface area contributed by atoms with Gasteiger partial charge in [0.25, 0.3) is 0 Å². The third-order valence-corrected chi connectivity index (χ3v) is 4.56. The highest BCUT2D eigenvalue weighted by Gasteiger charge is 2.20. The minimum Gasteiger partial charge on any atom is -0.325 e. The minimum atomic E-state index is -0.523. The molecule has 0 aliphatic heterocycles. The van der Waals surface area contributed by atoms with Crippen molar-refractivity contribution in [1.29, 1.82) is 0 Å². The molecule has 0 aliphatic carbocycles. The molecule has 0 aromatic heterocycles. The van der Waals surface area contributed by atoms with Crippen molar-refractivity contribution in [2.45, 2.75) is 13.0 Å². The Morgan fingerprint density at radius 2 is 1.64 bits per heavy atom. The number of hydrogen-bond donors (Lipinski definition) is 2. The molecule has 2 N–H and O–H groups in total. The number of rotatable bonds is 6. The summed E-state index contributed by atoms with van der Waals surface area (Å²) in [6.45, 7) is 1.73. The summed E-state index contributed by atoms with van der Waals surface area (Å²) in [5, 5.41) is 7.64. The number of carbonyl (C=O) groups is 2. The van der Waals surface area contributed by atoms with Gasteiger partial charge in [0.15, 0.2) is 0 Å². The van der Waals surface area contributed by atoms with Crippen LogP contribution < -0.4 is 10.6 Å². The Bertz CT molecular complexity index is 1010. The average Bonchev–Trinajstić information content (AvgIpc) is 2.67.